The quantitative estimate of drug-likeness (QED) is 0.803. The molecule has 0 spiro atoms. The van der Waals surface area contributed by atoms with E-state index in [1.807, 2.05) is 4.90 Å². The Balaban J connectivity index is 1.52. The summed E-state index contributed by atoms with van der Waals surface area (Å²) in [5.74, 6) is -2.31. The Bertz CT molecular complexity index is 824. The molecule has 1 aromatic carbocycles. The molecule has 0 unspecified atom stereocenters. The van der Waals surface area contributed by atoms with E-state index in [2.05, 4.69) is 10.3 Å². The molecule has 0 saturated carbocycles. The highest BCUT2D eigenvalue weighted by molar-refractivity contribution is 5.95. The summed E-state index contributed by atoms with van der Waals surface area (Å²) in [7, 11) is 0. The van der Waals surface area contributed by atoms with Crippen molar-refractivity contribution in [3.05, 3.63) is 53.7 Å². The number of ether oxygens (including phenoxy) is 2. The van der Waals surface area contributed by atoms with Crippen LogP contribution in [0.4, 0.5) is 20.3 Å². The largest absolute Gasteiger partial charge is 0.452 e. The van der Waals surface area contributed by atoms with Crippen molar-refractivity contribution in [3.63, 3.8) is 0 Å². The molecule has 1 aromatic heterocycles. The van der Waals surface area contributed by atoms with Crippen LogP contribution < -0.4 is 10.2 Å². The van der Waals surface area contributed by atoms with E-state index in [1.54, 1.807) is 12.1 Å². The summed E-state index contributed by atoms with van der Waals surface area (Å²) in [5.41, 5.74) is -0.149. The second kappa shape index (κ2) is 8.54. The zero-order chi connectivity index (χ0) is 19.2. The number of nitrogens with one attached hydrogen (secondary N) is 1. The van der Waals surface area contributed by atoms with E-state index in [1.165, 1.54) is 6.20 Å². The summed E-state index contributed by atoms with van der Waals surface area (Å²) in [6.07, 6.45) is 1.36. The van der Waals surface area contributed by atoms with E-state index >= 15 is 0 Å². The fourth-order valence-electron chi connectivity index (χ4n) is 2.48. The second-order valence-electron chi connectivity index (χ2n) is 5.75. The van der Waals surface area contributed by atoms with E-state index in [0.29, 0.717) is 32.1 Å². The highest BCUT2D eigenvalue weighted by atomic mass is 19.1. The molecule has 1 saturated heterocycles. The molecule has 1 fully saturated rings. The Morgan fingerprint density at radius 2 is 1.96 bits per heavy atom. The number of rotatable bonds is 5. The van der Waals surface area contributed by atoms with Crippen LogP contribution in [0.5, 0.6) is 0 Å². The first kappa shape index (κ1) is 18.7. The number of halogens is 2. The van der Waals surface area contributed by atoms with Crippen molar-refractivity contribution in [1.82, 2.24) is 4.98 Å². The van der Waals surface area contributed by atoms with E-state index in [0.717, 1.165) is 18.2 Å². The first-order chi connectivity index (χ1) is 13.0. The highest BCUT2D eigenvalue weighted by Crippen LogP contribution is 2.16. The van der Waals surface area contributed by atoms with Crippen molar-refractivity contribution in [2.75, 3.05) is 43.1 Å². The van der Waals surface area contributed by atoms with Gasteiger partial charge in [-0.2, -0.15) is 0 Å². The van der Waals surface area contributed by atoms with Crippen molar-refractivity contribution < 1.29 is 27.8 Å². The minimum Gasteiger partial charge on any atom is -0.452 e. The molecule has 27 heavy (non-hydrogen) atoms. The lowest BCUT2D eigenvalue weighted by Gasteiger charge is -2.27. The monoisotopic (exact) mass is 377 g/mol. The average Bonchev–Trinajstić information content (AvgIpc) is 2.70. The van der Waals surface area contributed by atoms with Gasteiger partial charge in [0.25, 0.3) is 5.91 Å². The van der Waals surface area contributed by atoms with Gasteiger partial charge in [0, 0.05) is 25.4 Å². The highest BCUT2D eigenvalue weighted by Gasteiger charge is 2.15. The minimum absolute atomic E-state index is 0.178. The number of carbonyl (C=O) groups is 2. The molecule has 1 amide bonds. The summed E-state index contributed by atoms with van der Waals surface area (Å²) in [6, 6.07) is 5.88. The zero-order valence-corrected chi connectivity index (χ0v) is 14.3. The summed E-state index contributed by atoms with van der Waals surface area (Å²) in [4.78, 5) is 30.0. The van der Waals surface area contributed by atoms with Gasteiger partial charge in [0.05, 0.1) is 24.5 Å². The molecule has 1 aliphatic heterocycles. The van der Waals surface area contributed by atoms with Crippen molar-refractivity contribution >= 4 is 23.4 Å². The topological polar surface area (TPSA) is 80.8 Å². The van der Waals surface area contributed by atoms with Gasteiger partial charge in [0.1, 0.15) is 17.5 Å². The average molecular weight is 377 g/mol. The van der Waals surface area contributed by atoms with Gasteiger partial charge in [0.2, 0.25) is 0 Å². The number of morpholine rings is 1. The SMILES string of the molecule is O=C(COC(=O)c1ccc(N2CCOCC2)nc1)Nc1cc(F)ccc1F. The van der Waals surface area contributed by atoms with Gasteiger partial charge in [-0.05, 0) is 24.3 Å². The van der Waals surface area contributed by atoms with Gasteiger partial charge in [-0.3, -0.25) is 4.79 Å². The third kappa shape index (κ3) is 4.98. The fourth-order valence-corrected chi connectivity index (χ4v) is 2.48. The second-order valence-corrected chi connectivity index (χ2v) is 5.75. The molecular weight excluding hydrogens is 360 g/mol. The minimum atomic E-state index is -0.793. The summed E-state index contributed by atoms with van der Waals surface area (Å²) >= 11 is 0. The molecule has 9 heteroatoms. The zero-order valence-electron chi connectivity index (χ0n) is 14.3. The first-order valence-corrected chi connectivity index (χ1v) is 8.24. The molecule has 142 valence electrons. The maximum Gasteiger partial charge on any atom is 0.340 e. The van der Waals surface area contributed by atoms with Crippen LogP contribution in [0.3, 0.4) is 0 Å². The van der Waals surface area contributed by atoms with Crippen molar-refractivity contribution in [2.24, 2.45) is 0 Å². The molecule has 2 aromatic rings. The van der Waals surface area contributed by atoms with Crippen LogP contribution >= 0.6 is 0 Å². The van der Waals surface area contributed by atoms with Crippen LogP contribution in [0.1, 0.15) is 10.4 Å². The van der Waals surface area contributed by atoms with Gasteiger partial charge in [-0.25, -0.2) is 18.6 Å². The Hall–Kier alpha value is -3.07. The Morgan fingerprint density at radius 1 is 1.19 bits per heavy atom. The van der Waals surface area contributed by atoms with E-state index in [-0.39, 0.29) is 11.3 Å². The lowest BCUT2D eigenvalue weighted by molar-refractivity contribution is -0.119. The maximum atomic E-state index is 13.5. The predicted octanol–water partition coefficient (Wildman–Crippen LogP) is 1.99. The number of hydrogen-bond acceptors (Lipinski definition) is 6. The number of hydrogen-bond donors (Lipinski definition) is 1. The lowest BCUT2D eigenvalue weighted by Crippen LogP contribution is -2.36. The van der Waals surface area contributed by atoms with Crippen LogP contribution in [-0.2, 0) is 14.3 Å². The van der Waals surface area contributed by atoms with Crippen molar-refractivity contribution in [3.8, 4) is 0 Å². The molecule has 0 radical (unpaired) electrons. The Morgan fingerprint density at radius 3 is 2.67 bits per heavy atom. The van der Waals surface area contributed by atoms with E-state index in [9.17, 15) is 18.4 Å². The summed E-state index contributed by atoms with van der Waals surface area (Å²) in [5, 5.41) is 2.14. The van der Waals surface area contributed by atoms with E-state index < -0.39 is 30.1 Å². The lowest BCUT2D eigenvalue weighted by atomic mass is 10.2. The van der Waals surface area contributed by atoms with Gasteiger partial charge < -0.3 is 19.7 Å². The van der Waals surface area contributed by atoms with Gasteiger partial charge in [-0.15, -0.1) is 0 Å². The van der Waals surface area contributed by atoms with Crippen LogP contribution in [0.25, 0.3) is 0 Å². The molecule has 1 aliphatic rings. The van der Waals surface area contributed by atoms with Crippen molar-refractivity contribution in [2.45, 2.75) is 0 Å². The number of carbonyl (C=O) groups excluding carboxylic acids is 2. The number of nitrogens with zero attached hydrogens (tertiary/aromatic N) is 2. The van der Waals surface area contributed by atoms with Crippen LogP contribution in [0.15, 0.2) is 36.5 Å². The Labute approximate surface area is 153 Å². The third-order valence-electron chi connectivity index (χ3n) is 3.86. The number of amides is 1. The number of benzene rings is 1. The maximum absolute atomic E-state index is 13.5. The normalized spacial score (nSPS) is 13.9. The number of aromatic nitrogens is 1. The van der Waals surface area contributed by atoms with Gasteiger partial charge in [0.15, 0.2) is 6.61 Å². The molecule has 7 nitrogen and oxygen atoms in total. The van der Waals surface area contributed by atoms with Crippen LogP contribution in [-0.4, -0.2) is 49.8 Å². The number of esters is 1. The number of pyridine rings is 1. The molecule has 2 heterocycles. The molecule has 1 N–H and O–H groups in total. The van der Waals surface area contributed by atoms with Crippen LogP contribution in [0.2, 0.25) is 0 Å². The van der Waals surface area contributed by atoms with Crippen LogP contribution in [0, 0.1) is 11.6 Å². The van der Waals surface area contributed by atoms with Gasteiger partial charge >= 0.3 is 5.97 Å². The van der Waals surface area contributed by atoms with E-state index in [4.69, 9.17) is 9.47 Å². The fraction of sp³-hybridized carbons (Fsp3) is 0.278. The van der Waals surface area contributed by atoms with Crippen molar-refractivity contribution in [1.29, 1.82) is 0 Å². The molecule has 3 rings (SSSR count). The molecule has 0 atom stereocenters. The van der Waals surface area contributed by atoms with Gasteiger partial charge in [-0.1, -0.05) is 0 Å². The standard InChI is InChI=1S/C18H17F2N3O4/c19-13-2-3-14(20)15(9-13)22-17(24)11-27-18(25)12-1-4-16(21-10-12)23-5-7-26-8-6-23/h1-4,9-10H,5-8,11H2,(H,22,24). The molecule has 0 bridgehead atoms. The molecule has 0 aliphatic carbocycles. The first-order valence-electron chi connectivity index (χ1n) is 8.24. The number of anilines is 2. The third-order valence-corrected chi connectivity index (χ3v) is 3.86. The Kier molecular flexibility index (Phi) is 5.92. The molecular formula is C18H17F2N3O4. The summed E-state index contributed by atoms with van der Waals surface area (Å²) < 4.78 is 36.7. The smallest absolute Gasteiger partial charge is 0.340 e. The predicted molar refractivity (Wildman–Crippen MR) is 92.5 cm³/mol. The summed E-state index contributed by atoms with van der Waals surface area (Å²) in [6.45, 7) is 2.03.